The zero-order chi connectivity index (χ0) is 14.0. The molecule has 5 heteroatoms. The van der Waals surface area contributed by atoms with Crippen LogP contribution in [0.2, 0.25) is 0 Å². The fraction of sp³-hybridized carbons (Fsp3) is 0.600. The Morgan fingerprint density at radius 1 is 1.40 bits per heavy atom. The van der Waals surface area contributed by atoms with Crippen molar-refractivity contribution in [1.82, 2.24) is 4.98 Å². The number of Topliss-reactive ketones (excluding diaryl/α,β-unsaturated/α-hetero) is 1. The Balaban J connectivity index is 1.74. The summed E-state index contributed by atoms with van der Waals surface area (Å²) in [5.41, 5.74) is 0.676. The molecule has 1 spiro atoms. The van der Waals surface area contributed by atoms with Crippen LogP contribution in [0.5, 0.6) is 0 Å². The van der Waals surface area contributed by atoms with E-state index in [1.165, 1.54) is 0 Å². The van der Waals surface area contributed by atoms with Crippen LogP contribution in [0, 0.1) is 5.92 Å². The molecule has 3 heterocycles. The summed E-state index contributed by atoms with van der Waals surface area (Å²) >= 11 is 5.37. The van der Waals surface area contributed by atoms with Gasteiger partial charge >= 0.3 is 0 Å². The van der Waals surface area contributed by atoms with Crippen LogP contribution in [0.15, 0.2) is 22.9 Å². The number of thioether (sulfide) groups is 1. The average Bonchev–Trinajstić information content (AvgIpc) is 2.47. The molecule has 0 radical (unpaired) electrons. The summed E-state index contributed by atoms with van der Waals surface area (Å²) in [4.78, 5) is 16.8. The predicted octanol–water partition coefficient (Wildman–Crippen LogP) is 3.72. The molecule has 2 fully saturated rings. The quantitative estimate of drug-likeness (QED) is 0.758. The van der Waals surface area contributed by atoms with Crippen LogP contribution in [-0.2, 0) is 4.74 Å². The molecule has 0 amide bonds. The van der Waals surface area contributed by atoms with Gasteiger partial charge in [0.25, 0.3) is 0 Å². The highest BCUT2D eigenvalue weighted by Crippen LogP contribution is 2.40. The van der Waals surface area contributed by atoms with E-state index in [4.69, 9.17) is 4.74 Å². The molecular weight excluding hydrogens is 338 g/mol. The van der Waals surface area contributed by atoms with Crippen molar-refractivity contribution in [3.05, 3.63) is 28.5 Å². The smallest absolute Gasteiger partial charge is 0.167 e. The summed E-state index contributed by atoms with van der Waals surface area (Å²) in [6, 6.07) is 1.87. The summed E-state index contributed by atoms with van der Waals surface area (Å²) in [7, 11) is 0. The molecule has 0 saturated carbocycles. The number of ether oxygens (including phenoxy) is 1. The lowest BCUT2D eigenvalue weighted by Crippen LogP contribution is -2.44. The van der Waals surface area contributed by atoms with Crippen molar-refractivity contribution in [3.63, 3.8) is 0 Å². The van der Waals surface area contributed by atoms with Crippen LogP contribution in [0.3, 0.4) is 0 Å². The zero-order valence-corrected chi connectivity index (χ0v) is 13.7. The standard InChI is InChI=1S/C15H18BrNO2S/c16-13-7-12(9-17-10-13)14(18)11-1-4-19-15(8-11)2-5-20-6-3-15/h7,9-11H,1-6,8H2. The van der Waals surface area contributed by atoms with E-state index < -0.39 is 0 Å². The number of carbonyl (C=O) groups excluding carboxylic acids is 1. The molecule has 1 aromatic rings. The second-order valence-electron chi connectivity index (χ2n) is 5.59. The molecule has 3 nitrogen and oxygen atoms in total. The van der Waals surface area contributed by atoms with E-state index in [0.717, 1.165) is 41.7 Å². The van der Waals surface area contributed by atoms with Gasteiger partial charge in [0.2, 0.25) is 0 Å². The van der Waals surface area contributed by atoms with E-state index in [1.54, 1.807) is 12.4 Å². The number of ketones is 1. The molecule has 108 valence electrons. The number of hydrogen-bond donors (Lipinski definition) is 0. The van der Waals surface area contributed by atoms with Crippen molar-refractivity contribution in [2.75, 3.05) is 18.1 Å². The van der Waals surface area contributed by atoms with E-state index >= 15 is 0 Å². The Kier molecular flexibility index (Phi) is 4.48. The minimum Gasteiger partial charge on any atom is -0.375 e. The molecule has 0 N–H and O–H groups in total. The van der Waals surface area contributed by atoms with Gasteiger partial charge in [-0.05, 0) is 59.2 Å². The van der Waals surface area contributed by atoms with Gasteiger partial charge in [-0.1, -0.05) is 0 Å². The predicted molar refractivity (Wildman–Crippen MR) is 84.2 cm³/mol. The number of hydrogen-bond acceptors (Lipinski definition) is 4. The minimum absolute atomic E-state index is 0.0384. The summed E-state index contributed by atoms with van der Waals surface area (Å²) in [6.45, 7) is 0.711. The topological polar surface area (TPSA) is 39.2 Å². The molecule has 0 aliphatic carbocycles. The van der Waals surface area contributed by atoms with E-state index in [-0.39, 0.29) is 17.3 Å². The Labute approximate surface area is 132 Å². The van der Waals surface area contributed by atoms with Crippen molar-refractivity contribution < 1.29 is 9.53 Å². The lowest BCUT2D eigenvalue weighted by molar-refractivity contribution is -0.0959. The highest BCUT2D eigenvalue weighted by Gasteiger charge is 2.41. The van der Waals surface area contributed by atoms with Gasteiger partial charge in [-0.2, -0.15) is 11.8 Å². The maximum atomic E-state index is 12.7. The number of halogens is 1. The van der Waals surface area contributed by atoms with Crippen molar-refractivity contribution in [2.45, 2.75) is 31.3 Å². The van der Waals surface area contributed by atoms with Gasteiger partial charge in [0.05, 0.1) is 5.60 Å². The molecule has 3 rings (SSSR count). The first kappa shape index (κ1) is 14.5. The highest BCUT2D eigenvalue weighted by molar-refractivity contribution is 9.10. The maximum absolute atomic E-state index is 12.7. The Hall–Kier alpha value is -0.390. The number of nitrogens with zero attached hydrogens (tertiary/aromatic N) is 1. The molecule has 1 unspecified atom stereocenters. The van der Waals surface area contributed by atoms with Gasteiger partial charge in [0, 0.05) is 35.0 Å². The zero-order valence-electron chi connectivity index (χ0n) is 11.3. The molecule has 2 aliphatic heterocycles. The van der Waals surface area contributed by atoms with Crippen molar-refractivity contribution >= 4 is 33.5 Å². The third-order valence-electron chi connectivity index (χ3n) is 4.26. The summed E-state index contributed by atoms with van der Waals surface area (Å²) < 4.78 is 6.92. The minimum atomic E-state index is -0.0384. The van der Waals surface area contributed by atoms with Crippen LogP contribution >= 0.6 is 27.7 Å². The first-order valence-electron chi connectivity index (χ1n) is 7.05. The van der Waals surface area contributed by atoms with Gasteiger partial charge < -0.3 is 4.74 Å². The SMILES string of the molecule is O=C(c1cncc(Br)c1)C1CCOC2(CCSCC2)C1. The number of aromatic nitrogens is 1. The number of pyridine rings is 1. The van der Waals surface area contributed by atoms with Crippen LogP contribution in [0.1, 0.15) is 36.0 Å². The summed E-state index contributed by atoms with van der Waals surface area (Å²) in [5.74, 6) is 2.61. The van der Waals surface area contributed by atoms with Crippen LogP contribution < -0.4 is 0 Å². The van der Waals surface area contributed by atoms with Crippen molar-refractivity contribution in [2.24, 2.45) is 5.92 Å². The molecule has 1 aromatic heterocycles. The number of carbonyl (C=O) groups is 1. The molecule has 0 aromatic carbocycles. The molecule has 2 saturated heterocycles. The van der Waals surface area contributed by atoms with E-state index in [0.29, 0.717) is 12.2 Å². The average molecular weight is 356 g/mol. The summed E-state index contributed by atoms with van der Waals surface area (Å²) in [5, 5.41) is 0. The lowest BCUT2D eigenvalue weighted by Gasteiger charge is -2.42. The fourth-order valence-electron chi connectivity index (χ4n) is 3.13. The Morgan fingerprint density at radius 2 is 2.20 bits per heavy atom. The molecular formula is C15H18BrNO2S. The van der Waals surface area contributed by atoms with Crippen LogP contribution in [-0.4, -0.2) is 34.5 Å². The number of rotatable bonds is 2. The third kappa shape index (κ3) is 3.10. The molecule has 0 bridgehead atoms. The molecule has 1 atom stereocenters. The van der Waals surface area contributed by atoms with Crippen LogP contribution in [0.4, 0.5) is 0 Å². The summed E-state index contributed by atoms with van der Waals surface area (Å²) in [6.07, 6.45) is 7.25. The normalized spacial score (nSPS) is 25.6. The third-order valence-corrected chi connectivity index (χ3v) is 5.68. The van der Waals surface area contributed by atoms with Gasteiger partial charge in [0.15, 0.2) is 5.78 Å². The molecule has 2 aliphatic rings. The Morgan fingerprint density at radius 3 is 2.95 bits per heavy atom. The van der Waals surface area contributed by atoms with Gasteiger partial charge in [-0.15, -0.1) is 0 Å². The van der Waals surface area contributed by atoms with Crippen molar-refractivity contribution in [1.29, 1.82) is 0 Å². The lowest BCUT2D eigenvalue weighted by atomic mass is 9.79. The van der Waals surface area contributed by atoms with E-state index in [2.05, 4.69) is 20.9 Å². The fourth-order valence-corrected chi connectivity index (χ4v) is 4.73. The maximum Gasteiger partial charge on any atom is 0.167 e. The largest absolute Gasteiger partial charge is 0.375 e. The van der Waals surface area contributed by atoms with E-state index in [9.17, 15) is 4.79 Å². The highest BCUT2D eigenvalue weighted by atomic mass is 79.9. The second kappa shape index (κ2) is 6.16. The second-order valence-corrected chi connectivity index (χ2v) is 7.73. The monoisotopic (exact) mass is 355 g/mol. The van der Waals surface area contributed by atoms with E-state index in [1.807, 2.05) is 17.8 Å². The molecule has 20 heavy (non-hydrogen) atoms. The Bertz CT molecular complexity index is 497. The first-order chi connectivity index (χ1) is 9.69. The van der Waals surface area contributed by atoms with Crippen LogP contribution in [0.25, 0.3) is 0 Å². The van der Waals surface area contributed by atoms with Gasteiger partial charge in [-0.25, -0.2) is 0 Å². The van der Waals surface area contributed by atoms with Crippen molar-refractivity contribution in [3.8, 4) is 0 Å². The first-order valence-corrected chi connectivity index (χ1v) is 9.00. The van der Waals surface area contributed by atoms with Gasteiger partial charge in [-0.3, -0.25) is 9.78 Å². The van der Waals surface area contributed by atoms with Gasteiger partial charge in [0.1, 0.15) is 0 Å².